The van der Waals surface area contributed by atoms with Crippen molar-refractivity contribution in [2.24, 2.45) is 5.41 Å². The Hall–Kier alpha value is -4.36. The van der Waals surface area contributed by atoms with E-state index in [1.165, 1.54) is 15.9 Å². The van der Waals surface area contributed by atoms with Gasteiger partial charge in [0.25, 0.3) is 8.32 Å². The van der Waals surface area contributed by atoms with Crippen LogP contribution >= 0.6 is 0 Å². The van der Waals surface area contributed by atoms with Crippen LogP contribution < -0.4 is 15.1 Å². The molecule has 3 aliphatic heterocycles. The van der Waals surface area contributed by atoms with Gasteiger partial charge in [0, 0.05) is 44.8 Å². The van der Waals surface area contributed by atoms with E-state index < -0.39 is 27.8 Å². The SMILES string of the molecule is C=C1C[C@H](C[C@@H]2CC(=C)C[C@H](C=CC(C)(C)[C@]3(OC)O[C@H](C[C@@H](O[Si](C)(C)C(C)(C)C)[C@@H](C)OCOCc4ccccc4)CCC3=O)O2)O[C@H](C[C@H](CCO[Si](c2ccccc2)(c2ccccc2)C(C)(C)C)OCc2ccc(OC)cc2)C1. The Labute approximate surface area is 501 Å². The average molecular weight is 1170 g/mol. The van der Waals surface area contributed by atoms with Crippen molar-refractivity contribution in [3.63, 3.8) is 0 Å². The zero-order valence-corrected chi connectivity index (χ0v) is 54.5. The number of hydrogen-bond donors (Lipinski definition) is 0. The van der Waals surface area contributed by atoms with Crippen molar-refractivity contribution in [3.8, 4) is 5.75 Å². The molecule has 3 fully saturated rings. The molecule has 11 nitrogen and oxygen atoms in total. The zero-order chi connectivity index (χ0) is 60.1. The molecule has 4 aromatic rings. The third-order valence-electron chi connectivity index (χ3n) is 17.7. The Morgan fingerprint density at radius 1 is 0.687 bits per heavy atom. The topological polar surface area (TPSA) is 109 Å². The minimum absolute atomic E-state index is 0.0312. The van der Waals surface area contributed by atoms with E-state index in [9.17, 15) is 4.79 Å². The number of Topliss-reactive ketones (excluding diaryl/α,β-unsaturated/α-hetero) is 1. The molecule has 4 aromatic carbocycles. The van der Waals surface area contributed by atoms with E-state index in [0.29, 0.717) is 64.8 Å². The lowest BCUT2D eigenvalue weighted by Crippen LogP contribution is -2.66. The molecule has 0 unspecified atom stereocenters. The summed E-state index contributed by atoms with van der Waals surface area (Å²) in [4.78, 5) is 14.2. The van der Waals surface area contributed by atoms with E-state index in [-0.39, 0.29) is 71.5 Å². The van der Waals surface area contributed by atoms with Crippen molar-refractivity contribution in [2.45, 2.75) is 218 Å². The summed E-state index contributed by atoms with van der Waals surface area (Å²) in [5.41, 5.74) is 3.58. The third kappa shape index (κ3) is 17.4. The molecule has 83 heavy (non-hydrogen) atoms. The molecule has 0 aromatic heterocycles. The number of carbonyl (C=O) groups excluding carboxylic acids is 1. The van der Waals surface area contributed by atoms with Gasteiger partial charge in [-0.25, -0.2) is 0 Å². The molecule has 3 aliphatic rings. The van der Waals surface area contributed by atoms with Crippen LogP contribution in [-0.2, 0) is 60.0 Å². The van der Waals surface area contributed by atoms with Gasteiger partial charge in [0.05, 0.1) is 69.2 Å². The fourth-order valence-corrected chi connectivity index (χ4v) is 18.1. The maximum absolute atomic E-state index is 14.2. The molecule has 13 heteroatoms. The summed E-state index contributed by atoms with van der Waals surface area (Å²) < 4.78 is 66.3. The van der Waals surface area contributed by atoms with Crippen molar-refractivity contribution in [3.05, 3.63) is 163 Å². The normalized spacial score (nSPS) is 23.5. The Balaban J connectivity index is 1.01. The summed E-state index contributed by atoms with van der Waals surface area (Å²) >= 11 is 0. The Morgan fingerprint density at radius 2 is 1.27 bits per heavy atom. The first-order valence-corrected chi connectivity index (χ1v) is 35.2. The van der Waals surface area contributed by atoms with E-state index in [1.807, 2.05) is 63.2 Å². The van der Waals surface area contributed by atoms with Crippen LogP contribution in [0.2, 0.25) is 23.2 Å². The molecular formula is C70H100O11Si2. The molecule has 0 saturated carbocycles. The summed E-state index contributed by atoms with van der Waals surface area (Å²) in [6, 6.07) is 39.8. The largest absolute Gasteiger partial charge is 0.497 e. The third-order valence-corrected chi connectivity index (χ3v) is 27.3. The molecule has 0 bridgehead atoms. The predicted molar refractivity (Wildman–Crippen MR) is 338 cm³/mol. The molecule has 454 valence electrons. The molecule has 0 spiro atoms. The second-order valence-electron chi connectivity index (χ2n) is 26.6. The number of rotatable bonds is 28. The van der Waals surface area contributed by atoms with Gasteiger partial charge in [0.1, 0.15) is 12.5 Å². The van der Waals surface area contributed by atoms with Gasteiger partial charge in [0.2, 0.25) is 5.79 Å². The maximum Gasteiger partial charge on any atom is 0.261 e. The summed E-state index contributed by atoms with van der Waals surface area (Å²) in [6.45, 7) is 34.9. The van der Waals surface area contributed by atoms with Crippen LogP contribution in [0, 0.1) is 5.41 Å². The van der Waals surface area contributed by atoms with Crippen molar-refractivity contribution in [2.75, 3.05) is 27.6 Å². The van der Waals surface area contributed by atoms with E-state index in [1.54, 1.807) is 14.2 Å². The zero-order valence-electron chi connectivity index (χ0n) is 52.5. The smallest absolute Gasteiger partial charge is 0.261 e. The lowest BCUT2D eigenvalue weighted by molar-refractivity contribution is -0.285. The van der Waals surface area contributed by atoms with Crippen molar-refractivity contribution >= 4 is 32.8 Å². The molecule has 9 atom stereocenters. The van der Waals surface area contributed by atoms with E-state index in [0.717, 1.165) is 41.7 Å². The van der Waals surface area contributed by atoms with Crippen molar-refractivity contribution in [1.29, 1.82) is 0 Å². The maximum atomic E-state index is 14.2. The van der Waals surface area contributed by atoms with E-state index >= 15 is 0 Å². The van der Waals surface area contributed by atoms with Gasteiger partial charge in [-0.2, -0.15) is 0 Å². The Bertz CT molecular complexity index is 2640. The lowest BCUT2D eigenvalue weighted by atomic mass is 9.76. The van der Waals surface area contributed by atoms with Gasteiger partial charge in [-0.05, 0) is 102 Å². The summed E-state index contributed by atoms with van der Waals surface area (Å²) in [5, 5.41) is 2.33. The van der Waals surface area contributed by atoms with Gasteiger partial charge in [-0.15, -0.1) is 0 Å². The molecule has 0 amide bonds. The van der Waals surface area contributed by atoms with Gasteiger partial charge in [0.15, 0.2) is 14.1 Å². The molecule has 3 heterocycles. The highest BCUT2D eigenvalue weighted by atomic mass is 28.4. The highest BCUT2D eigenvalue weighted by molar-refractivity contribution is 6.99. The summed E-state index contributed by atoms with van der Waals surface area (Å²) in [7, 11) is -1.77. The highest BCUT2D eigenvalue weighted by Crippen LogP contribution is 2.46. The van der Waals surface area contributed by atoms with Gasteiger partial charge in [-0.1, -0.05) is 195 Å². The van der Waals surface area contributed by atoms with Gasteiger partial charge in [-0.3, -0.25) is 4.79 Å². The molecule has 0 aliphatic carbocycles. The number of ether oxygens (including phenoxy) is 8. The first-order valence-electron chi connectivity index (χ1n) is 30.4. The van der Waals surface area contributed by atoms with Crippen LogP contribution in [0.25, 0.3) is 0 Å². The summed E-state index contributed by atoms with van der Waals surface area (Å²) in [5.74, 6) is -0.800. The fourth-order valence-electron chi connectivity index (χ4n) is 12.1. The molecule has 3 saturated heterocycles. The van der Waals surface area contributed by atoms with Crippen molar-refractivity contribution in [1.82, 2.24) is 0 Å². The highest BCUT2D eigenvalue weighted by Gasteiger charge is 2.56. The first kappa shape index (κ1) is 66.2. The van der Waals surface area contributed by atoms with Crippen LogP contribution in [0.3, 0.4) is 0 Å². The summed E-state index contributed by atoms with van der Waals surface area (Å²) in [6.07, 6.45) is 8.91. The average Bonchev–Trinajstić information content (AvgIpc) is 3.34. The van der Waals surface area contributed by atoms with Crippen molar-refractivity contribution < 1.29 is 51.5 Å². The number of ketones is 1. The predicted octanol–water partition coefficient (Wildman–Crippen LogP) is 14.6. The van der Waals surface area contributed by atoms with Crippen LogP contribution in [0.4, 0.5) is 0 Å². The lowest BCUT2D eigenvalue weighted by Gasteiger charge is -2.48. The molecule has 0 radical (unpaired) electrons. The molecule has 7 rings (SSSR count). The quantitative estimate of drug-likeness (QED) is 0.0235. The number of methoxy groups -OCH3 is 2. The Morgan fingerprint density at radius 3 is 1.86 bits per heavy atom. The minimum Gasteiger partial charge on any atom is -0.497 e. The number of hydrogen-bond acceptors (Lipinski definition) is 11. The van der Waals surface area contributed by atoms with E-state index in [4.69, 9.17) is 46.7 Å². The Kier molecular flexibility index (Phi) is 23.4. The second-order valence-corrected chi connectivity index (χ2v) is 35.7. The fraction of sp³-hybridized carbons (Fsp3) is 0.557. The standard InChI is InChI=1S/C70H100O11Si2/c1-51-41-58(37-39-69(10,11)70(73-13)66(71)36-35-59(80-70)47-65(81-82(14,15)67(4,5)6)53(3)76-50-74-48-54-25-19-16-20-26-54)78-61(42-51)46-62-44-52(2)43-60(79-62)45-57(75-49-55-31-33-56(72-12)34-32-55)38-40-77-83(68(7,8)9,63-27-21-17-22-28-63)64-29-23-18-24-30-64/h16-34,37,39,53,57-62,65H,1-2,35-36,38,40-50H2,3-15H3/t53-,57+,58+,59+,60+,61+,62-,65-,70-/m1/s1. The molecular weight excluding hydrogens is 1070 g/mol. The minimum atomic E-state index is -2.77. The first-order chi connectivity index (χ1) is 39.4. The van der Waals surface area contributed by atoms with Gasteiger partial charge >= 0.3 is 0 Å². The monoisotopic (exact) mass is 1170 g/mol. The van der Waals surface area contributed by atoms with Crippen LogP contribution in [0.15, 0.2) is 152 Å². The number of carbonyl (C=O) groups is 1. The van der Waals surface area contributed by atoms with Crippen LogP contribution in [0.1, 0.15) is 138 Å². The second kappa shape index (κ2) is 29.4. The van der Waals surface area contributed by atoms with Crippen LogP contribution in [-0.4, -0.2) is 105 Å². The van der Waals surface area contributed by atoms with E-state index in [2.05, 4.69) is 153 Å². The molecule has 0 N–H and O–H groups in total. The number of benzene rings is 4. The van der Waals surface area contributed by atoms with Gasteiger partial charge < -0.3 is 46.7 Å². The van der Waals surface area contributed by atoms with Crippen LogP contribution in [0.5, 0.6) is 5.75 Å².